The van der Waals surface area contributed by atoms with Crippen molar-refractivity contribution in [3.63, 3.8) is 0 Å². The summed E-state index contributed by atoms with van der Waals surface area (Å²) in [5, 5.41) is 1.20. The number of ether oxygens (including phenoxy) is 5. The van der Waals surface area contributed by atoms with Gasteiger partial charge in [0.1, 0.15) is 5.56 Å². The molecule has 0 bridgehead atoms. The van der Waals surface area contributed by atoms with Gasteiger partial charge in [-0.3, -0.25) is 4.79 Å². The second kappa shape index (κ2) is 8.01. The fraction of sp³-hybridized carbons (Fsp3) is 0.190. The predicted molar refractivity (Wildman–Crippen MR) is 118 cm³/mol. The maximum Gasteiger partial charge on any atom is 0.344 e. The number of amides is 1. The number of thiocarbonyl (C=S) groups is 1. The Hall–Kier alpha value is -3.28. The molecule has 3 aliphatic heterocycles. The van der Waals surface area contributed by atoms with Crippen LogP contribution in [-0.2, 0) is 9.53 Å². The van der Waals surface area contributed by atoms with Crippen molar-refractivity contribution in [3.05, 3.63) is 51.9 Å². The Morgan fingerprint density at radius 3 is 2.75 bits per heavy atom. The van der Waals surface area contributed by atoms with Crippen LogP contribution in [0.3, 0.4) is 0 Å². The summed E-state index contributed by atoms with van der Waals surface area (Å²) in [4.78, 5) is 25.9. The maximum absolute atomic E-state index is 13.0. The number of carbonyl (C=O) groups excluding carboxylic acids is 2. The van der Waals surface area contributed by atoms with Gasteiger partial charge >= 0.3 is 5.97 Å². The lowest BCUT2D eigenvalue weighted by Gasteiger charge is -2.21. The van der Waals surface area contributed by atoms with E-state index in [0.29, 0.717) is 27.7 Å². The molecule has 11 heteroatoms. The van der Waals surface area contributed by atoms with Gasteiger partial charge in [-0.1, -0.05) is 30.0 Å². The van der Waals surface area contributed by atoms with Gasteiger partial charge in [0.25, 0.3) is 5.91 Å². The van der Waals surface area contributed by atoms with Gasteiger partial charge in [0.2, 0.25) is 6.79 Å². The van der Waals surface area contributed by atoms with Crippen molar-refractivity contribution in [1.82, 2.24) is 10.4 Å². The minimum Gasteiger partial charge on any atom is -0.493 e. The molecule has 9 nitrogen and oxygen atoms in total. The van der Waals surface area contributed by atoms with Crippen LogP contribution in [0.5, 0.6) is 23.0 Å². The lowest BCUT2D eigenvalue weighted by Crippen LogP contribution is -2.43. The molecule has 1 unspecified atom stereocenters. The number of thioether (sulfide) groups is 1. The third-order valence-electron chi connectivity index (χ3n) is 5.02. The average Bonchev–Trinajstić information content (AvgIpc) is 3.46. The van der Waals surface area contributed by atoms with Crippen molar-refractivity contribution in [2.24, 2.45) is 0 Å². The number of fused-ring (bicyclic) bond motifs is 2. The monoisotopic (exact) mass is 472 g/mol. The molecule has 2 aromatic rings. The maximum atomic E-state index is 13.0. The molecule has 3 aliphatic rings. The molecular weight excluding hydrogens is 456 g/mol. The van der Waals surface area contributed by atoms with Crippen LogP contribution in [-0.4, -0.2) is 42.2 Å². The Morgan fingerprint density at radius 1 is 1.16 bits per heavy atom. The molecule has 0 aliphatic carbocycles. The highest BCUT2D eigenvalue weighted by molar-refractivity contribution is 8.26. The van der Waals surface area contributed by atoms with Gasteiger partial charge in [0, 0.05) is 5.56 Å². The van der Waals surface area contributed by atoms with Gasteiger partial charge in [-0.25, -0.2) is 9.80 Å². The van der Waals surface area contributed by atoms with E-state index < -0.39 is 12.2 Å². The highest BCUT2D eigenvalue weighted by Gasteiger charge is 2.40. The second-order valence-corrected chi connectivity index (χ2v) is 8.49. The zero-order valence-corrected chi connectivity index (χ0v) is 18.5. The molecule has 32 heavy (non-hydrogen) atoms. The van der Waals surface area contributed by atoms with Crippen LogP contribution >= 0.6 is 24.0 Å². The molecule has 0 saturated carbocycles. The van der Waals surface area contributed by atoms with Crippen LogP contribution in [0, 0.1) is 0 Å². The first-order chi connectivity index (χ1) is 15.5. The highest BCUT2D eigenvalue weighted by atomic mass is 32.2. The molecule has 5 rings (SSSR count). The summed E-state index contributed by atoms with van der Waals surface area (Å²) in [6, 6.07) is 8.74. The van der Waals surface area contributed by atoms with Crippen molar-refractivity contribution < 1.29 is 33.3 Å². The molecular formula is C21H16N2O7S2. The SMILES string of the molecule is COc1ccc2c(c1OC)C(=O)OC2NN1C(=O)/C(=C/c2ccc3c(c2)OCO3)SC1=S. The molecule has 1 fully saturated rings. The zero-order valence-electron chi connectivity index (χ0n) is 16.9. The van der Waals surface area contributed by atoms with Crippen LogP contribution in [0.1, 0.15) is 27.7 Å². The quantitative estimate of drug-likeness (QED) is 0.397. The van der Waals surface area contributed by atoms with Crippen LogP contribution in [0.4, 0.5) is 0 Å². The topological polar surface area (TPSA) is 95.6 Å². The first-order valence-electron chi connectivity index (χ1n) is 9.40. The fourth-order valence-corrected chi connectivity index (χ4v) is 4.74. The van der Waals surface area contributed by atoms with Crippen molar-refractivity contribution >= 4 is 46.3 Å². The first kappa shape index (κ1) is 20.6. The van der Waals surface area contributed by atoms with E-state index in [1.165, 1.54) is 19.2 Å². The van der Waals surface area contributed by atoms with E-state index in [1.807, 2.05) is 6.07 Å². The van der Waals surface area contributed by atoms with E-state index in [4.69, 9.17) is 35.9 Å². The van der Waals surface area contributed by atoms with Crippen molar-refractivity contribution in [3.8, 4) is 23.0 Å². The number of rotatable bonds is 5. The number of benzene rings is 2. The van der Waals surface area contributed by atoms with Gasteiger partial charge in [-0.05, 0) is 35.9 Å². The standard InChI is InChI=1S/C21H16N2O7S2/c1-26-13-6-4-11-16(17(13)27-2)20(25)30-18(11)22-23-19(24)15(32-21(23)31)8-10-3-5-12-14(7-10)29-9-28-12/h3-8,18,22H,9H2,1-2H3/b15-8-. The Labute approximate surface area is 192 Å². The van der Waals surface area contributed by atoms with Gasteiger partial charge in [-0.15, -0.1) is 0 Å². The molecule has 0 spiro atoms. The molecule has 164 valence electrons. The number of esters is 1. The van der Waals surface area contributed by atoms with Crippen LogP contribution < -0.4 is 24.4 Å². The normalized spacial score (nSPS) is 20.1. The number of nitrogens with one attached hydrogen (secondary N) is 1. The minimum absolute atomic E-state index is 0.170. The lowest BCUT2D eigenvalue weighted by atomic mass is 10.1. The van der Waals surface area contributed by atoms with Crippen LogP contribution in [0.25, 0.3) is 6.08 Å². The number of methoxy groups -OCH3 is 2. The number of hydrazine groups is 1. The first-order valence-corrected chi connectivity index (χ1v) is 10.6. The number of carbonyl (C=O) groups is 2. The summed E-state index contributed by atoms with van der Waals surface area (Å²) in [5.41, 5.74) is 4.43. The largest absolute Gasteiger partial charge is 0.493 e. The van der Waals surface area contributed by atoms with Crippen molar-refractivity contribution in [1.29, 1.82) is 0 Å². The minimum atomic E-state index is -0.912. The van der Waals surface area contributed by atoms with Crippen LogP contribution in [0.15, 0.2) is 35.2 Å². The Kier molecular flexibility index (Phi) is 5.16. The summed E-state index contributed by atoms with van der Waals surface area (Å²) >= 11 is 6.51. The molecule has 3 heterocycles. The highest BCUT2D eigenvalue weighted by Crippen LogP contribution is 2.42. The Bertz CT molecular complexity index is 1200. The summed E-state index contributed by atoms with van der Waals surface area (Å²) in [6.07, 6.45) is 0.801. The van der Waals surface area contributed by atoms with Gasteiger partial charge in [-0.2, -0.15) is 5.43 Å². The zero-order chi connectivity index (χ0) is 22.4. The van der Waals surface area contributed by atoms with E-state index in [9.17, 15) is 9.59 Å². The summed E-state index contributed by atoms with van der Waals surface area (Å²) in [5.74, 6) is 1.00. The Balaban J connectivity index is 1.39. The third kappa shape index (κ3) is 3.34. The molecule has 1 amide bonds. The van der Waals surface area contributed by atoms with E-state index in [0.717, 1.165) is 17.3 Å². The molecule has 0 aromatic heterocycles. The van der Waals surface area contributed by atoms with Crippen molar-refractivity contribution in [2.45, 2.75) is 6.23 Å². The number of hydrogen-bond donors (Lipinski definition) is 1. The predicted octanol–water partition coefficient (Wildman–Crippen LogP) is 3.01. The molecule has 1 N–H and O–H groups in total. The molecule has 1 saturated heterocycles. The molecule has 0 radical (unpaired) electrons. The summed E-state index contributed by atoms with van der Waals surface area (Å²) in [6.45, 7) is 0.170. The van der Waals surface area contributed by atoms with Gasteiger partial charge < -0.3 is 23.7 Å². The molecule has 1 atom stereocenters. The summed E-state index contributed by atoms with van der Waals surface area (Å²) < 4.78 is 27.0. The molecule has 2 aromatic carbocycles. The third-order valence-corrected chi connectivity index (χ3v) is 6.33. The van der Waals surface area contributed by atoms with E-state index in [2.05, 4.69) is 5.43 Å². The second-order valence-electron chi connectivity index (χ2n) is 6.81. The average molecular weight is 473 g/mol. The number of hydrogen-bond acceptors (Lipinski definition) is 10. The van der Waals surface area contributed by atoms with Gasteiger partial charge in [0.15, 0.2) is 33.5 Å². The Morgan fingerprint density at radius 2 is 1.97 bits per heavy atom. The lowest BCUT2D eigenvalue weighted by molar-refractivity contribution is -0.126. The van der Waals surface area contributed by atoms with E-state index in [1.54, 1.807) is 30.3 Å². The smallest absolute Gasteiger partial charge is 0.344 e. The van der Waals surface area contributed by atoms with E-state index >= 15 is 0 Å². The van der Waals surface area contributed by atoms with Crippen molar-refractivity contribution in [2.75, 3.05) is 21.0 Å². The number of cyclic esters (lactones) is 1. The van der Waals surface area contributed by atoms with E-state index in [-0.39, 0.29) is 28.3 Å². The fourth-order valence-electron chi connectivity index (χ4n) is 3.55. The van der Waals surface area contributed by atoms with Gasteiger partial charge in [0.05, 0.1) is 19.1 Å². The number of nitrogens with zero attached hydrogens (tertiary/aromatic N) is 1. The van der Waals surface area contributed by atoms with Crippen LogP contribution in [0.2, 0.25) is 0 Å². The summed E-state index contributed by atoms with van der Waals surface area (Å²) in [7, 11) is 2.92.